The fourth-order valence-electron chi connectivity index (χ4n) is 11.7. The standard InChI is InChI=1S/C31H52O2/c1-9-31(8,33)21-12-15-27(4)18-19-29(6)20(25(21)27)10-11-23-28(5)16-14-24(32)26(2,3)22(28)13-17-30(23,29)7/h9,20-25,32-33H,1,10-19H2,2-8H3/t20?,21-,22?,23?,24+,25?,27-,28+,29-,30-,31?/m1/s1. The fourth-order valence-corrected chi connectivity index (χ4v) is 11.7. The first-order valence-electron chi connectivity index (χ1n) is 14.2. The molecular formula is C31H52O2. The highest BCUT2D eigenvalue weighted by Gasteiger charge is 2.70. The average molecular weight is 457 g/mol. The van der Waals surface area contributed by atoms with E-state index in [-0.39, 0.29) is 11.5 Å². The fraction of sp³-hybridized carbons (Fsp3) is 0.935. The molecule has 5 unspecified atom stereocenters. The maximum Gasteiger partial charge on any atom is 0.0828 e. The van der Waals surface area contributed by atoms with Crippen molar-refractivity contribution >= 4 is 0 Å². The molecule has 0 radical (unpaired) electrons. The summed E-state index contributed by atoms with van der Waals surface area (Å²) in [5, 5.41) is 22.3. The molecule has 0 bridgehead atoms. The Bertz CT molecular complexity index is 814. The third-order valence-electron chi connectivity index (χ3n) is 14.0. The monoisotopic (exact) mass is 456 g/mol. The number of fused-ring (bicyclic) bond motifs is 7. The number of rotatable bonds is 2. The number of hydrogen-bond donors (Lipinski definition) is 2. The third-order valence-corrected chi connectivity index (χ3v) is 14.0. The quantitative estimate of drug-likeness (QED) is 0.425. The summed E-state index contributed by atoms with van der Waals surface area (Å²) >= 11 is 0. The smallest absolute Gasteiger partial charge is 0.0828 e. The van der Waals surface area contributed by atoms with Gasteiger partial charge in [-0.2, -0.15) is 0 Å². The lowest BCUT2D eigenvalue weighted by atomic mass is 9.32. The lowest BCUT2D eigenvalue weighted by Gasteiger charge is -2.73. The zero-order valence-electron chi connectivity index (χ0n) is 22.7. The Morgan fingerprint density at radius 1 is 0.788 bits per heavy atom. The van der Waals surface area contributed by atoms with Gasteiger partial charge in [-0.25, -0.2) is 0 Å². The molecule has 0 spiro atoms. The molecule has 2 N–H and O–H groups in total. The summed E-state index contributed by atoms with van der Waals surface area (Å²) in [5.74, 6) is 3.04. The van der Waals surface area contributed by atoms with Crippen LogP contribution < -0.4 is 0 Å². The van der Waals surface area contributed by atoms with Gasteiger partial charge in [-0.15, -0.1) is 6.58 Å². The molecule has 0 aliphatic heterocycles. The van der Waals surface area contributed by atoms with Gasteiger partial charge in [-0.05, 0) is 128 Å². The normalized spacial score (nSPS) is 57.1. The van der Waals surface area contributed by atoms with Crippen LogP contribution in [0, 0.1) is 56.7 Å². The molecule has 5 fully saturated rings. The van der Waals surface area contributed by atoms with E-state index >= 15 is 0 Å². The lowest BCUT2D eigenvalue weighted by Crippen LogP contribution is -2.66. The molecule has 0 heterocycles. The topological polar surface area (TPSA) is 40.5 Å². The Morgan fingerprint density at radius 2 is 1.48 bits per heavy atom. The van der Waals surface area contributed by atoms with Crippen LogP contribution >= 0.6 is 0 Å². The molecule has 2 nitrogen and oxygen atoms in total. The maximum atomic E-state index is 11.4. The molecular weight excluding hydrogens is 404 g/mol. The Balaban J connectivity index is 1.54. The van der Waals surface area contributed by atoms with E-state index in [9.17, 15) is 10.2 Å². The second-order valence-corrected chi connectivity index (χ2v) is 15.3. The second-order valence-electron chi connectivity index (χ2n) is 15.3. The highest BCUT2D eigenvalue weighted by Crippen LogP contribution is 2.77. The van der Waals surface area contributed by atoms with Crippen LogP contribution in [-0.4, -0.2) is 21.9 Å². The molecule has 0 saturated heterocycles. The van der Waals surface area contributed by atoms with Gasteiger partial charge in [-0.1, -0.05) is 47.6 Å². The Morgan fingerprint density at radius 3 is 2.15 bits per heavy atom. The summed E-state index contributed by atoms with van der Waals surface area (Å²) in [5.41, 5.74) is 0.680. The predicted molar refractivity (Wildman–Crippen MR) is 137 cm³/mol. The zero-order chi connectivity index (χ0) is 24.2. The van der Waals surface area contributed by atoms with Crippen molar-refractivity contribution in [3.8, 4) is 0 Å². The summed E-state index contributed by atoms with van der Waals surface area (Å²) in [4.78, 5) is 0. The van der Waals surface area contributed by atoms with Gasteiger partial charge >= 0.3 is 0 Å². The van der Waals surface area contributed by atoms with Gasteiger partial charge in [0.15, 0.2) is 0 Å². The molecule has 0 aromatic rings. The van der Waals surface area contributed by atoms with Crippen molar-refractivity contribution in [2.45, 2.75) is 124 Å². The molecule has 188 valence electrons. The van der Waals surface area contributed by atoms with E-state index in [0.717, 1.165) is 18.8 Å². The summed E-state index contributed by atoms with van der Waals surface area (Å²) < 4.78 is 0. The van der Waals surface area contributed by atoms with Crippen molar-refractivity contribution in [2.75, 3.05) is 0 Å². The van der Waals surface area contributed by atoms with Gasteiger partial charge in [-0.3, -0.25) is 0 Å². The Hall–Kier alpha value is -0.340. The number of hydrogen-bond acceptors (Lipinski definition) is 2. The Labute approximate surface area is 204 Å². The Kier molecular flexibility index (Phi) is 5.25. The van der Waals surface area contributed by atoms with Crippen LogP contribution in [0.2, 0.25) is 0 Å². The molecule has 33 heavy (non-hydrogen) atoms. The van der Waals surface area contributed by atoms with Crippen LogP contribution in [0.3, 0.4) is 0 Å². The van der Waals surface area contributed by atoms with Crippen molar-refractivity contribution in [1.29, 1.82) is 0 Å². The first kappa shape index (κ1) is 24.4. The number of aliphatic hydroxyl groups excluding tert-OH is 1. The van der Waals surface area contributed by atoms with Crippen LogP contribution in [0.5, 0.6) is 0 Å². The van der Waals surface area contributed by atoms with E-state index in [0.29, 0.717) is 45.3 Å². The summed E-state index contributed by atoms with van der Waals surface area (Å²) in [6.07, 6.45) is 14.2. The van der Waals surface area contributed by atoms with Crippen molar-refractivity contribution in [3.05, 3.63) is 12.7 Å². The van der Waals surface area contributed by atoms with Gasteiger partial charge in [0, 0.05) is 0 Å². The van der Waals surface area contributed by atoms with Crippen LogP contribution in [0.15, 0.2) is 12.7 Å². The van der Waals surface area contributed by atoms with Crippen LogP contribution in [0.4, 0.5) is 0 Å². The highest BCUT2D eigenvalue weighted by atomic mass is 16.3. The van der Waals surface area contributed by atoms with E-state index in [1.165, 1.54) is 51.4 Å². The van der Waals surface area contributed by atoms with Crippen molar-refractivity contribution < 1.29 is 10.2 Å². The molecule has 2 heteroatoms. The van der Waals surface area contributed by atoms with Crippen molar-refractivity contribution in [1.82, 2.24) is 0 Å². The minimum Gasteiger partial charge on any atom is -0.393 e. The SMILES string of the molecule is C=CC(C)(O)[C@@H]1CC[C@]2(C)CC[C@]3(C)C(CCC4[C@@]5(C)CC[C@H](O)C(C)(C)C5CC[C@]43C)C12. The molecule has 11 atom stereocenters. The molecule has 5 saturated carbocycles. The highest BCUT2D eigenvalue weighted by molar-refractivity contribution is 5.20. The van der Waals surface area contributed by atoms with E-state index in [2.05, 4.69) is 48.1 Å². The van der Waals surface area contributed by atoms with Crippen LogP contribution in [0.25, 0.3) is 0 Å². The molecule has 5 aliphatic carbocycles. The van der Waals surface area contributed by atoms with Gasteiger partial charge in [0.1, 0.15) is 0 Å². The average Bonchev–Trinajstić information content (AvgIpc) is 3.10. The van der Waals surface area contributed by atoms with E-state index in [4.69, 9.17) is 0 Å². The van der Waals surface area contributed by atoms with Crippen molar-refractivity contribution in [3.63, 3.8) is 0 Å². The van der Waals surface area contributed by atoms with Gasteiger partial charge < -0.3 is 10.2 Å². The summed E-state index contributed by atoms with van der Waals surface area (Å²) in [7, 11) is 0. The van der Waals surface area contributed by atoms with Gasteiger partial charge in [0.2, 0.25) is 0 Å². The summed E-state index contributed by atoms with van der Waals surface area (Å²) in [6, 6.07) is 0. The van der Waals surface area contributed by atoms with Gasteiger partial charge in [0.05, 0.1) is 11.7 Å². The van der Waals surface area contributed by atoms with Crippen LogP contribution in [0.1, 0.15) is 113 Å². The molecule has 0 amide bonds. The number of aliphatic hydroxyl groups is 2. The maximum absolute atomic E-state index is 11.4. The van der Waals surface area contributed by atoms with Crippen LogP contribution in [-0.2, 0) is 0 Å². The largest absolute Gasteiger partial charge is 0.393 e. The van der Waals surface area contributed by atoms with E-state index in [1.54, 1.807) is 0 Å². The molecule has 0 aromatic carbocycles. The molecule has 5 rings (SSSR count). The lowest BCUT2D eigenvalue weighted by molar-refractivity contribution is -0.250. The zero-order valence-corrected chi connectivity index (χ0v) is 22.7. The minimum absolute atomic E-state index is 0.0242. The second kappa shape index (κ2) is 7.12. The summed E-state index contributed by atoms with van der Waals surface area (Å²) in [6.45, 7) is 21.3. The molecule has 0 aromatic heterocycles. The van der Waals surface area contributed by atoms with E-state index < -0.39 is 5.60 Å². The third kappa shape index (κ3) is 2.92. The van der Waals surface area contributed by atoms with Crippen molar-refractivity contribution in [2.24, 2.45) is 56.7 Å². The molecule has 5 aliphatic rings. The predicted octanol–water partition coefficient (Wildman–Crippen LogP) is 7.39. The van der Waals surface area contributed by atoms with Gasteiger partial charge in [0.25, 0.3) is 0 Å². The first-order chi connectivity index (χ1) is 15.2. The minimum atomic E-state index is -0.758. The van der Waals surface area contributed by atoms with E-state index in [1.807, 2.05) is 13.0 Å². The first-order valence-corrected chi connectivity index (χ1v) is 14.2.